The molecule has 6 nitrogen and oxygen atoms in total. The van der Waals surface area contributed by atoms with Gasteiger partial charge in [0.2, 0.25) is 0 Å². The molecule has 2 aromatic carbocycles. The first kappa shape index (κ1) is 17.6. The molecular weight excluding hydrogens is 362 g/mol. The van der Waals surface area contributed by atoms with Crippen LogP contribution in [-0.2, 0) is 4.74 Å². The van der Waals surface area contributed by atoms with Gasteiger partial charge in [-0.3, -0.25) is 0 Å². The van der Waals surface area contributed by atoms with Gasteiger partial charge in [-0.05, 0) is 6.07 Å². The molecule has 1 saturated heterocycles. The molecule has 3 heterocycles. The first-order chi connectivity index (χ1) is 14.4. The van der Waals surface area contributed by atoms with E-state index in [1.165, 1.54) is 0 Å². The van der Waals surface area contributed by atoms with Gasteiger partial charge in [-0.1, -0.05) is 60.7 Å². The molecule has 0 spiro atoms. The molecule has 1 fully saturated rings. The molecule has 4 aromatic rings. The highest BCUT2D eigenvalue weighted by molar-refractivity contribution is 5.70. The molecule has 5 rings (SSSR count). The molecule has 1 aliphatic rings. The van der Waals surface area contributed by atoms with E-state index in [2.05, 4.69) is 45.2 Å². The standard InChI is InChI=1S/C23H21N5O/c1-3-7-18(8-4-1)20-15-21(19-9-5-2-6-10-19)28(26-20)23-16-22(24-17-25-23)27-11-13-29-14-12-27/h1-10,15-17H,11-14H2. The first-order valence-corrected chi connectivity index (χ1v) is 9.74. The Morgan fingerprint density at radius 1 is 0.724 bits per heavy atom. The monoisotopic (exact) mass is 383 g/mol. The average molecular weight is 383 g/mol. The lowest BCUT2D eigenvalue weighted by atomic mass is 10.1. The maximum atomic E-state index is 5.46. The number of ether oxygens (including phenoxy) is 1. The number of aromatic nitrogens is 4. The van der Waals surface area contributed by atoms with E-state index in [1.54, 1.807) is 6.33 Å². The smallest absolute Gasteiger partial charge is 0.159 e. The van der Waals surface area contributed by atoms with Crippen molar-refractivity contribution < 1.29 is 4.74 Å². The lowest BCUT2D eigenvalue weighted by Crippen LogP contribution is -2.36. The van der Waals surface area contributed by atoms with Gasteiger partial charge in [-0.25, -0.2) is 14.6 Å². The minimum Gasteiger partial charge on any atom is -0.378 e. The van der Waals surface area contributed by atoms with Gasteiger partial charge in [0.05, 0.1) is 24.6 Å². The van der Waals surface area contributed by atoms with E-state index in [1.807, 2.05) is 47.1 Å². The van der Waals surface area contributed by atoms with Crippen LogP contribution in [0.4, 0.5) is 5.82 Å². The van der Waals surface area contributed by atoms with Gasteiger partial charge in [0, 0.05) is 30.3 Å². The van der Waals surface area contributed by atoms with Gasteiger partial charge in [-0.15, -0.1) is 0 Å². The molecule has 144 valence electrons. The number of hydrogen-bond donors (Lipinski definition) is 0. The Morgan fingerprint density at radius 3 is 2.10 bits per heavy atom. The van der Waals surface area contributed by atoms with Crippen LogP contribution < -0.4 is 4.90 Å². The second kappa shape index (κ2) is 7.85. The van der Waals surface area contributed by atoms with E-state index in [0.29, 0.717) is 13.2 Å². The van der Waals surface area contributed by atoms with E-state index in [-0.39, 0.29) is 0 Å². The van der Waals surface area contributed by atoms with Gasteiger partial charge >= 0.3 is 0 Å². The molecule has 6 heteroatoms. The third-order valence-electron chi connectivity index (χ3n) is 5.04. The minimum absolute atomic E-state index is 0.717. The Balaban J connectivity index is 1.61. The van der Waals surface area contributed by atoms with Crippen LogP contribution in [0.2, 0.25) is 0 Å². The Bertz CT molecular complexity index is 1090. The summed E-state index contributed by atoms with van der Waals surface area (Å²) < 4.78 is 7.37. The predicted octanol–water partition coefficient (Wildman–Crippen LogP) is 3.83. The second-order valence-corrected chi connectivity index (χ2v) is 6.89. The van der Waals surface area contributed by atoms with Crippen molar-refractivity contribution in [3.8, 4) is 28.3 Å². The first-order valence-electron chi connectivity index (χ1n) is 9.74. The van der Waals surface area contributed by atoms with Crippen molar-refractivity contribution in [1.29, 1.82) is 0 Å². The number of nitrogens with zero attached hydrogens (tertiary/aromatic N) is 5. The number of hydrogen-bond acceptors (Lipinski definition) is 5. The van der Waals surface area contributed by atoms with E-state index in [9.17, 15) is 0 Å². The summed E-state index contributed by atoms with van der Waals surface area (Å²) in [6.07, 6.45) is 1.61. The summed E-state index contributed by atoms with van der Waals surface area (Å²) in [4.78, 5) is 11.2. The van der Waals surface area contributed by atoms with Crippen LogP contribution in [0.5, 0.6) is 0 Å². The lowest BCUT2D eigenvalue weighted by molar-refractivity contribution is 0.122. The molecule has 0 bridgehead atoms. The van der Waals surface area contributed by atoms with Crippen LogP contribution in [0.15, 0.2) is 79.1 Å². The zero-order valence-corrected chi connectivity index (χ0v) is 16.0. The van der Waals surface area contributed by atoms with E-state index < -0.39 is 0 Å². The van der Waals surface area contributed by atoms with Crippen LogP contribution in [0.25, 0.3) is 28.3 Å². The summed E-state index contributed by atoms with van der Waals surface area (Å²) in [6, 6.07) is 24.6. The maximum Gasteiger partial charge on any atom is 0.159 e. The third-order valence-corrected chi connectivity index (χ3v) is 5.04. The number of benzene rings is 2. The maximum absolute atomic E-state index is 5.46. The van der Waals surface area contributed by atoms with Crippen LogP contribution in [0.1, 0.15) is 0 Å². The fraction of sp³-hybridized carbons (Fsp3) is 0.174. The van der Waals surface area contributed by atoms with Crippen LogP contribution in [0, 0.1) is 0 Å². The average Bonchev–Trinajstić information content (AvgIpc) is 3.27. The highest BCUT2D eigenvalue weighted by Crippen LogP contribution is 2.28. The lowest BCUT2D eigenvalue weighted by Gasteiger charge is -2.27. The van der Waals surface area contributed by atoms with E-state index >= 15 is 0 Å². The number of anilines is 1. The highest BCUT2D eigenvalue weighted by atomic mass is 16.5. The van der Waals surface area contributed by atoms with Crippen LogP contribution in [-0.4, -0.2) is 46.1 Å². The summed E-state index contributed by atoms with van der Waals surface area (Å²) in [5.74, 6) is 1.65. The topological polar surface area (TPSA) is 56.1 Å². The largest absolute Gasteiger partial charge is 0.378 e. The molecule has 0 aliphatic carbocycles. The molecule has 29 heavy (non-hydrogen) atoms. The minimum atomic E-state index is 0.717. The van der Waals surface area contributed by atoms with Crippen molar-refractivity contribution in [1.82, 2.24) is 19.7 Å². The predicted molar refractivity (Wildman–Crippen MR) is 113 cm³/mol. The highest BCUT2D eigenvalue weighted by Gasteiger charge is 2.17. The quantitative estimate of drug-likeness (QED) is 0.536. The van der Waals surface area contributed by atoms with Gasteiger partial charge in [0.15, 0.2) is 5.82 Å². The Labute approximate surface area is 169 Å². The summed E-state index contributed by atoms with van der Waals surface area (Å²) in [7, 11) is 0. The molecule has 0 saturated carbocycles. The van der Waals surface area contributed by atoms with Crippen LogP contribution in [0.3, 0.4) is 0 Å². The molecule has 0 unspecified atom stereocenters. The third kappa shape index (κ3) is 3.62. The van der Waals surface area contributed by atoms with Crippen LogP contribution >= 0.6 is 0 Å². The van der Waals surface area contributed by atoms with E-state index in [0.717, 1.165) is 47.2 Å². The van der Waals surface area contributed by atoms with Gasteiger partial charge in [0.25, 0.3) is 0 Å². The Morgan fingerprint density at radius 2 is 1.38 bits per heavy atom. The molecule has 0 N–H and O–H groups in total. The molecular formula is C23H21N5O. The summed E-state index contributed by atoms with van der Waals surface area (Å²) in [5.41, 5.74) is 4.08. The number of morpholine rings is 1. The summed E-state index contributed by atoms with van der Waals surface area (Å²) in [5, 5.41) is 4.90. The zero-order chi connectivity index (χ0) is 19.5. The molecule has 0 amide bonds. The van der Waals surface area contributed by atoms with Crippen molar-refractivity contribution in [3.63, 3.8) is 0 Å². The van der Waals surface area contributed by atoms with Crippen molar-refractivity contribution in [3.05, 3.63) is 79.1 Å². The van der Waals surface area contributed by atoms with E-state index in [4.69, 9.17) is 9.84 Å². The molecule has 2 aromatic heterocycles. The van der Waals surface area contributed by atoms with Crippen molar-refractivity contribution in [2.75, 3.05) is 31.2 Å². The zero-order valence-electron chi connectivity index (χ0n) is 16.0. The molecule has 0 radical (unpaired) electrons. The summed E-state index contributed by atoms with van der Waals surface area (Å²) in [6.45, 7) is 3.09. The Hall–Kier alpha value is -3.51. The fourth-order valence-electron chi connectivity index (χ4n) is 3.54. The Kier molecular flexibility index (Phi) is 4.76. The molecule has 0 atom stereocenters. The van der Waals surface area contributed by atoms with Gasteiger partial charge in [0.1, 0.15) is 12.1 Å². The fourth-order valence-corrected chi connectivity index (χ4v) is 3.54. The van der Waals surface area contributed by atoms with Gasteiger partial charge < -0.3 is 9.64 Å². The second-order valence-electron chi connectivity index (χ2n) is 6.89. The van der Waals surface area contributed by atoms with Crippen molar-refractivity contribution in [2.45, 2.75) is 0 Å². The summed E-state index contributed by atoms with van der Waals surface area (Å²) >= 11 is 0. The number of rotatable bonds is 4. The van der Waals surface area contributed by atoms with Crippen molar-refractivity contribution >= 4 is 5.82 Å². The molecule has 1 aliphatic heterocycles. The van der Waals surface area contributed by atoms with Crippen molar-refractivity contribution in [2.24, 2.45) is 0 Å². The van der Waals surface area contributed by atoms with Gasteiger partial charge in [-0.2, -0.15) is 5.10 Å². The normalized spacial score (nSPS) is 14.1. The SMILES string of the molecule is c1ccc(-c2cc(-c3ccccc3)n(-c3cc(N4CCOCC4)ncn3)n2)cc1.